The van der Waals surface area contributed by atoms with Crippen molar-refractivity contribution < 1.29 is 14.6 Å². The summed E-state index contributed by atoms with van der Waals surface area (Å²) >= 11 is 6.86. The fourth-order valence-corrected chi connectivity index (χ4v) is 7.67. The molecular formula is C37H44ClN7O3. The third kappa shape index (κ3) is 6.56. The smallest absolute Gasteiger partial charge is 0.352 e. The van der Waals surface area contributed by atoms with Crippen molar-refractivity contribution in [3.05, 3.63) is 80.4 Å². The van der Waals surface area contributed by atoms with E-state index in [4.69, 9.17) is 26.5 Å². The highest BCUT2D eigenvalue weighted by atomic mass is 35.5. The van der Waals surface area contributed by atoms with Crippen LogP contribution in [0.1, 0.15) is 76.2 Å². The summed E-state index contributed by atoms with van der Waals surface area (Å²) in [7, 11) is 3.84. The number of allylic oxidation sites excluding steroid dienone is 1. The Labute approximate surface area is 286 Å². The molecule has 0 spiro atoms. The lowest BCUT2D eigenvalue weighted by Gasteiger charge is -2.27. The summed E-state index contributed by atoms with van der Waals surface area (Å²) in [6.07, 6.45) is 12.1. The number of aromatic carboxylic acids is 1. The molecule has 0 unspecified atom stereocenters. The van der Waals surface area contributed by atoms with Crippen molar-refractivity contribution in [3.63, 3.8) is 0 Å². The van der Waals surface area contributed by atoms with E-state index in [2.05, 4.69) is 39.9 Å². The topological polar surface area (TPSA) is 109 Å². The minimum Gasteiger partial charge on any atom is -0.491 e. The Kier molecular flexibility index (Phi) is 9.45. The van der Waals surface area contributed by atoms with E-state index in [1.807, 2.05) is 37.1 Å². The fourth-order valence-electron chi connectivity index (χ4n) is 7.46. The van der Waals surface area contributed by atoms with Crippen molar-refractivity contribution in [2.24, 2.45) is 19.2 Å². The van der Waals surface area contributed by atoms with Crippen LogP contribution >= 0.6 is 11.6 Å². The number of aromatic nitrogens is 3. The Bertz CT molecular complexity index is 1910. The molecule has 2 aromatic carbocycles. The van der Waals surface area contributed by atoms with Crippen LogP contribution in [0.4, 0.5) is 5.69 Å². The molecule has 8 bridgehead atoms. The number of anilines is 1. The number of aryl methyl sites for hydroxylation is 6. The normalized spacial score (nSPS) is 19.3. The van der Waals surface area contributed by atoms with E-state index in [0.29, 0.717) is 43.3 Å². The summed E-state index contributed by atoms with van der Waals surface area (Å²) in [4.78, 5) is 12.7. The number of hydrogen-bond donors (Lipinski definition) is 3. The zero-order valence-corrected chi connectivity index (χ0v) is 28.6. The highest BCUT2D eigenvalue weighted by Crippen LogP contribution is 2.37. The van der Waals surface area contributed by atoms with E-state index in [0.717, 1.165) is 103 Å². The van der Waals surface area contributed by atoms with Gasteiger partial charge in [-0.2, -0.15) is 10.2 Å². The quantitative estimate of drug-likeness (QED) is 0.217. The molecule has 0 amide bonds. The average molecular weight is 670 g/mol. The number of carboxylic acids is 1. The first-order valence-electron chi connectivity index (χ1n) is 17.2. The van der Waals surface area contributed by atoms with Gasteiger partial charge in [-0.05, 0) is 98.8 Å². The molecule has 7 rings (SSSR count). The Morgan fingerprint density at radius 2 is 1.92 bits per heavy atom. The van der Waals surface area contributed by atoms with E-state index in [-0.39, 0.29) is 0 Å². The third-order valence-corrected chi connectivity index (χ3v) is 10.1. The van der Waals surface area contributed by atoms with Crippen LogP contribution in [-0.4, -0.2) is 62.9 Å². The molecule has 1 fully saturated rings. The van der Waals surface area contributed by atoms with E-state index in [1.165, 1.54) is 16.8 Å². The van der Waals surface area contributed by atoms with Gasteiger partial charge < -0.3 is 25.0 Å². The summed E-state index contributed by atoms with van der Waals surface area (Å²) in [5.41, 5.74) is 9.66. The lowest BCUT2D eigenvalue weighted by atomic mass is 9.97. The van der Waals surface area contributed by atoms with Gasteiger partial charge in [0.25, 0.3) is 0 Å². The Morgan fingerprint density at radius 1 is 1.02 bits per heavy atom. The molecule has 0 atom stereocenters. The molecule has 3 aliphatic heterocycles. The second-order valence-electron chi connectivity index (χ2n) is 13.1. The standard InChI is InChI=1S/C37H44ClN7O3/c1-43-35-30-12-13-32(38)31(35)22-28-8-3-4-17-45(28)41-16-15-39-23-26-21-27(44(2)42-26)11-10-24-19-25-7-5-14-40-34(25)33(20-24)48-18-6-9-29(30)36(43)37(46)47/h12-13,16,19-22,39-40H,3-11,14-15,17-18,23H2,1-2H3,(H,46,47)/b28-22+,41-16+. The second-order valence-corrected chi connectivity index (χ2v) is 13.5. The van der Waals surface area contributed by atoms with Gasteiger partial charge in [-0.15, -0.1) is 0 Å². The predicted molar refractivity (Wildman–Crippen MR) is 191 cm³/mol. The third-order valence-electron chi connectivity index (χ3n) is 9.80. The minimum absolute atomic E-state index is 0.293. The maximum Gasteiger partial charge on any atom is 0.352 e. The van der Waals surface area contributed by atoms with Crippen molar-refractivity contribution >= 4 is 46.5 Å². The highest BCUT2D eigenvalue weighted by molar-refractivity contribution is 6.33. The monoisotopic (exact) mass is 669 g/mol. The van der Waals surface area contributed by atoms with E-state index >= 15 is 0 Å². The van der Waals surface area contributed by atoms with Gasteiger partial charge in [-0.3, -0.25) is 9.69 Å². The molecule has 252 valence electrons. The highest BCUT2D eigenvalue weighted by Gasteiger charge is 2.24. The number of fused-ring (bicyclic) bond motifs is 7. The Balaban J connectivity index is 1.26. The van der Waals surface area contributed by atoms with E-state index < -0.39 is 5.97 Å². The van der Waals surface area contributed by atoms with Crippen molar-refractivity contribution in [1.82, 2.24) is 24.7 Å². The lowest BCUT2D eigenvalue weighted by Crippen LogP contribution is -2.24. The summed E-state index contributed by atoms with van der Waals surface area (Å²) in [5.74, 6) is -0.0678. The molecule has 2 aromatic heterocycles. The molecule has 3 N–H and O–H groups in total. The van der Waals surface area contributed by atoms with Crippen LogP contribution in [0.5, 0.6) is 5.75 Å². The summed E-state index contributed by atoms with van der Waals surface area (Å²) < 4.78 is 10.3. The molecule has 48 heavy (non-hydrogen) atoms. The number of halogens is 1. The molecule has 0 saturated carbocycles. The van der Waals surface area contributed by atoms with Gasteiger partial charge >= 0.3 is 5.97 Å². The molecule has 10 nitrogen and oxygen atoms in total. The first-order valence-corrected chi connectivity index (χ1v) is 17.5. The number of nitrogens with zero attached hydrogens (tertiary/aromatic N) is 5. The number of nitrogens with one attached hydrogen (secondary N) is 2. The lowest BCUT2D eigenvalue weighted by molar-refractivity contribution is 0.0685. The van der Waals surface area contributed by atoms with Crippen molar-refractivity contribution in [1.29, 1.82) is 0 Å². The number of hydrazone groups is 1. The summed E-state index contributed by atoms with van der Waals surface area (Å²) in [6.45, 7) is 3.49. The van der Waals surface area contributed by atoms with E-state index in [9.17, 15) is 9.90 Å². The van der Waals surface area contributed by atoms with Crippen LogP contribution < -0.4 is 15.4 Å². The van der Waals surface area contributed by atoms with Crippen LogP contribution in [0.3, 0.4) is 0 Å². The number of rotatable bonds is 1. The molecule has 0 radical (unpaired) electrons. The Morgan fingerprint density at radius 3 is 2.79 bits per heavy atom. The fraction of sp³-hybridized carbons (Fsp3) is 0.432. The van der Waals surface area contributed by atoms with Gasteiger partial charge in [0.05, 0.1) is 23.5 Å². The number of hydrogen-bond acceptors (Lipinski definition) is 7. The predicted octanol–water partition coefficient (Wildman–Crippen LogP) is 6.33. The molecule has 5 heterocycles. The zero-order chi connectivity index (χ0) is 33.2. The van der Waals surface area contributed by atoms with E-state index in [1.54, 1.807) is 4.57 Å². The molecule has 3 aliphatic rings. The maximum absolute atomic E-state index is 12.7. The molecule has 11 heteroatoms. The zero-order valence-electron chi connectivity index (χ0n) is 27.8. The number of carboxylic acid groups (broad SMARTS) is 1. The van der Waals surface area contributed by atoms with Gasteiger partial charge in [-0.1, -0.05) is 23.7 Å². The number of ether oxygens (including phenoxy) is 1. The van der Waals surface area contributed by atoms with Crippen LogP contribution in [0.2, 0.25) is 5.02 Å². The van der Waals surface area contributed by atoms with Gasteiger partial charge in [0, 0.05) is 73.9 Å². The van der Waals surface area contributed by atoms with Crippen LogP contribution in [0, 0.1) is 0 Å². The maximum atomic E-state index is 12.7. The molecule has 0 aliphatic carbocycles. The average Bonchev–Trinajstić information content (AvgIpc) is 3.58. The first-order chi connectivity index (χ1) is 23.4. The molecule has 1 saturated heterocycles. The summed E-state index contributed by atoms with van der Waals surface area (Å²) in [6, 6.07) is 10.5. The second kappa shape index (κ2) is 14.1. The SMILES string of the molecule is Cn1nc2cc1CCc1cc3c(c(c1)OCCCc1c(C(=O)O)n(C)c4c(c(Cl)ccc14)/C=C1\CCCCN1/N=C/CNC2)NCCC3. The molecular weight excluding hydrogens is 626 g/mol. The molecule has 4 aromatic rings. The van der Waals surface area contributed by atoms with Crippen LogP contribution in [0.15, 0.2) is 41.1 Å². The van der Waals surface area contributed by atoms with Crippen molar-refractivity contribution in [3.8, 4) is 5.75 Å². The van der Waals surface area contributed by atoms with Gasteiger partial charge in [-0.25, -0.2) is 4.79 Å². The summed E-state index contributed by atoms with van der Waals surface area (Å²) in [5, 5.41) is 30.6. The van der Waals surface area contributed by atoms with Crippen molar-refractivity contribution in [2.75, 3.05) is 31.6 Å². The van der Waals surface area contributed by atoms with Gasteiger partial charge in [0.15, 0.2) is 0 Å². The van der Waals surface area contributed by atoms with Crippen LogP contribution in [-0.2, 0) is 46.3 Å². The number of piperidine rings is 1. The number of carbonyl (C=O) groups is 1. The largest absolute Gasteiger partial charge is 0.491 e. The van der Waals surface area contributed by atoms with Crippen LogP contribution in [0.25, 0.3) is 17.0 Å². The number of benzene rings is 2. The first kappa shape index (κ1) is 32.3. The van der Waals surface area contributed by atoms with Gasteiger partial charge in [0.1, 0.15) is 11.4 Å². The minimum atomic E-state index is -0.945. The Hall–Kier alpha value is -4.28. The van der Waals surface area contributed by atoms with Crippen molar-refractivity contribution in [2.45, 2.75) is 64.3 Å². The van der Waals surface area contributed by atoms with Gasteiger partial charge in [0.2, 0.25) is 0 Å².